The van der Waals surface area contributed by atoms with E-state index in [0.29, 0.717) is 24.1 Å². The molecule has 3 heterocycles. The van der Waals surface area contributed by atoms with Crippen molar-refractivity contribution in [3.05, 3.63) is 57.7 Å². The van der Waals surface area contributed by atoms with Gasteiger partial charge in [-0.25, -0.2) is 18.2 Å². The lowest BCUT2D eigenvalue weighted by molar-refractivity contribution is -0.387. The molecule has 3 aromatic rings. The van der Waals surface area contributed by atoms with Crippen LogP contribution >= 0.6 is 0 Å². The van der Waals surface area contributed by atoms with Gasteiger partial charge in [-0.1, -0.05) is 6.07 Å². The monoisotopic (exact) mass is 631 g/mol. The van der Waals surface area contributed by atoms with Crippen LogP contribution in [0.15, 0.2) is 40.9 Å². The fourth-order valence-electron chi connectivity index (χ4n) is 4.14. The molecule has 17 nitrogen and oxygen atoms in total. The zero-order valence-corrected chi connectivity index (χ0v) is 24.4. The van der Waals surface area contributed by atoms with E-state index < -0.39 is 61.6 Å². The summed E-state index contributed by atoms with van der Waals surface area (Å²) in [5.41, 5.74) is 0.450. The molecule has 1 aromatic carbocycles. The van der Waals surface area contributed by atoms with Gasteiger partial charge >= 0.3 is 29.4 Å². The number of carboxylic acid groups (broad SMARTS) is 1. The normalized spacial score (nSPS) is 15.4. The maximum absolute atomic E-state index is 12.5. The first-order valence-electron chi connectivity index (χ1n) is 13.3. The minimum absolute atomic E-state index is 0.00226. The van der Waals surface area contributed by atoms with E-state index in [4.69, 9.17) is 14.2 Å². The van der Waals surface area contributed by atoms with Gasteiger partial charge in [-0.05, 0) is 43.0 Å². The number of nitro groups is 1. The highest BCUT2D eigenvalue weighted by atomic mass is 32.2. The maximum Gasteiger partial charge on any atom is 0.392 e. The number of nitrogens with one attached hydrogen (secondary N) is 2. The lowest BCUT2D eigenvalue weighted by atomic mass is 10.0. The number of ether oxygens (including phenoxy) is 3. The maximum atomic E-state index is 12.5. The van der Waals surface area contributed by atoms with Gasteiger partial charge in [-0.3, -0.25) is 25.2 Å². The molecule has 0 amide bonds. The van der Waals surface area contributed by atoms with E-state index >= 15 is 0 Å². The number of sulfone groups is 1. The van der Waals surface area contributed by atoms with E-state index in [9.17, 15) is 33.2 Å². The van der Waals surface area contributed by atoms with Crippen LogP contribution in [0.2, 0.25) is 0 Å². The lowest BCUT2D eigenvalue weighted by Gasteiger charge is -2.20. The number of aryl methyl sites for hydroxylation is 1. The van der Waals surface area contributed by atoms with Crippen molar-refractivity contribution in [1.29, 1.82) is 0 Å². The number of carboxylic acids is 1. The number of esters is 1. The topological polar surface area (TPSA) is 238 Å². The minimum atomic E-state index is -4.20. The van der Waals surface area contributed by atoms with Crippen molar-refractivity contribution >= 4 is 33.7 Å². The highest BCUT2D eigenvalue weighted by molar-refractivity contribution is 7.90. The SMILES string of the molecule is CCOC(=O)CCc1cc(Oc2nc(S(C)(=O)=O)nc(OC(Cc3c[nH]cn3)C(=O)O)c2[N+](=O)[O-])cc(C2N=CCCN2)c1. The molecule has 0 saturated carbocycles. The first-order valence-corrected chi connectivity index (χ1v) is 15.2. The summed E-state index contributed by atoms with van der Waals surface area (Å²) in [5, 5.41) is 24.3. The van der Waals surface area contributed by atoms with E-state index in [1.54, 1.807) is 19.2 Å². The summed E-state index contributed by atoms with van der Waals surface area (Å²) >= 11 is 0. The van der Waals surface area contributed by atoms with Gasteiger partial charge in [-0.15, -0.1) is 0 Å². The molecule has 0 radical (unpaired) electrons. The second kappa shape index (κ2) is 14.0. The van der Waals surface area contributed by atoms with Crippen molar-refractivity contribution < 1.29 is 42.2 Å². The Bertz CT molecular complexity index is 1660. The third-order valence-corrected chi connectivity index (χ3v) is 6.95. The van der Waals surface area contributed by atoms with Gasteiger partial charge in [0.1, 0.15) is 11.9 Å². The minimum Gasteiger partial charge on any atom is -0.478 e. The molecule has 44 heavy (non-hydrogen) atoms. The molecule has 2 aromatic heterocycles. The van der Waals surface area contributed by atoms with Crippen LogP contribution < -0.4 is 14.8 Å². The van der Waals surface area contributed by atoms with E-state index in [-0.39, 0.29) is 37.3 Å². The zero-order valence-electron chi connectivity index (χ0n) is 23.6. The van der Waals surface area contributed by atoms with Gasteiger partial charge in [0, 0.05) is 38.1 Å². The number of nitrogens with zero attached hydrogens (tertiary/aromatic N) is 5. The number of aliphatic carboxylic acids is 1. The number of hydrogen-bond donors (Lipinski definition) is 3. The van der Waals surface area contributed by atoms with Gasteiger partial charge in [-0.2, -0.15) is 9.97 Å². The van der Waals surface area contributed by atoms with Gasteiger partial charge in [0.15, 0.2) is 0 Å². The number of imidazole rings is 1. The first kappa shape index (κ1) is 32.0. The molecule has 0 spiro atoms. The summed E-state index contributed by atoms with van der Waals surface area (Å²) in [4.78, 5) is 53.7. The standard InChI is InChI=1S/C26H29N7O10S/c1-3-41-20(34)6-5-15-9-16(22-28-7-4-8-29-22)11-18(10-15)42-23-21(33(37)38)24(32-26(31-23)44(2,39)40)43-19(25(35)36)12-17-13-27-14-30-17/h7,9-11,13-14,19,22,29H,3-6,8,12H2,1-2H3,(H,27,30)(H,35,36). The number of carbonyl (C=O) groups is 2. The van der Waals surface area contributed by atoms with Crippen molar-refractivity contribution in [2.75, 3.05) is 19.4 Å². The highest BCUT2D eigenvalue weighted by Crippen LogP contribution is 2.39. The van der Waals surface area contributed by atoms with Crippen LogP contribution in [-0.4, -0.2) is 82.0 Å². The average Bonchev–Trinajstić information content (AvgIpc) is 3.49. The summed E-state index contributed by atoms with van der Waals surface area (Å²) in [6.45, 7) is 2.53. The van der Waals surface area contributed by atoms with E-state index in [0.717, 1.165) is 6.26 Å². The van der Waals surface area contributed by atoms with Crippen LogP contribution in [0.5, 0.6) is 17.5 Å². The second-order valence-corrected chi connectivity index (χ2v) is 11.4. The molecule has 1 aliphatic rings. The van der Waals surface area contributed by atoms with Gasteiger partial charge in [0.2, 0.25) is 15.9 Å². The Morgan fingerprint density at radius 2 is 2.00 bits per heavy atom. The predicted octanol–water partition coefficient (Wildman–Crippen LogP) is 1.94. The summed E-state index contributed by atoms with van der Waals surface area (Å²) in [7, 11) is -4.20. The smallest absolute Gasteiger partial charge is 0.392 e. The number of carbonyl (C=O) groups excluding carboxylic acids is 1. The number of rotatable bonds is 14. The number of hydrogen-bond acceptors (Lipinski definition) is 14. The molecule has 234 valence electrons. The first-order chi connectivity index (χ1) is 20.9. The van der Waals surface area contributed by atoms with Crippen LogP contribution in [0.4, 0.5) is 5.69 Å². The van der Waals surface area contributed by atoms with Crippen molar-refractivity contribution in [2.24, 2.45) is 4.99 Å². The Hall–Kier alpha value is -4.97. The Balaban J connectivity index is 1.78. The van der Waals surface area contributed by atoms with E-state index in [1.807, 2.05) is 0 Å². The zero-order chi connectivity index (χ0) is 31.9. The molecule has 18 heteroatoms. The largest absolute Gasteiger partial charge is 0.478 e. The average molecular weight is 632 g/mol. The Kier molecular flexibility index (Phi) is 10.2. The third-order valence-electron chi connectivity index (χ3n) is 6.10. The van der Waals surface area contributed by atoms with Crippen molar-refractivity contribution in [3.63, 3.8) is 0 Å². The molecule has 4 rings (SSSR count). The Labute approximate surface area is 250 Å². The van der Waals surface area contributed by atoms with Crippen LogP contribution in [0.25, 0.3) is 0 Å². The van der Waals surface area contributed by atoms with Crippen LogP contribution in [-0.2, 0) is 37.0 Å². The molecular formula is C26H29N7O10S. The molecule has 0 aliphatic carbocycles. The van der Waals surface area contributed by atoms with Gasteiger partial charge in [0.25, 0.3) is 5.16 Å². The molecule has 3 N–H and O–H groups in total. The molecule has 2 unspecified atom stereocenters. The lowest BCUT2D eigenvalue weighted by Crippen LogP contribution is -2.30. The predicted molar refractivity (Wildman–Crippen MR) is 151 cm³/mol. The molecule has 1 aliphatic heterocycles. The van der Waals surface area contributed by atoms with E-state index in [2.05, 4.69) is 30.2 Å². The number of aromatic amines is 1. The van der Waals surface area contributed by atoms with Crippen LogP contribution in [0.3, 0.4) is 0 Å². The fourth-order valence-corrected chi connectivity index (χ4v) is 4.64. The number of benzene rings is 1. The molecule has 0 saturated heterocycles. The number of aromatic nitrogens is 4. The fraction of sp³-hybridized carbons (Fsp3) is 0.385. The van der Waals surface area contributed by atoms with Gasteiger partial charge < -0.3 is 24.3 Å². The summed E-state index contributed by atoms with van der Waals surface area (Å²) < 4.78 is 41.2. The molecule has 0 bridgehead atoms. The summed E-state index contributed by atoms with van der Waals surface area (Å²) in [5.74, 6) is -3.67. The molecular weight excluding hydrogens is 602 g/mol. The molecule has 0 fully saturated rings. The highest BCUT2D eigenvalue weighted by Gasteiger charge is 2.34. The molecule has 2 atom stereocenters. The Morgan fingerprint density at radius 3 is 2.61 bits per heavy atom. The van der Waals surface area contributed by atoms with Crippen LogP contribution in [0, 0.1) is 10.1 Å². The van der Waals surface area contributed by atoms with E-state index in [1.165, 1.54) is 24.7 Å². The van der Waals surface area contributed by atoms with Crippen molar-refractivity contribution in [3.8, 4) is 17.5 Å². The number of H-pyrrole nitrogens is 1. The second-order valence-electron chi connectivity index (χ2n) is 9.50. The number of aliphatic imine (C=N–C) groups is 1. The summed E-state index contributed by atoms with van der Waals surface area (Å²) in [6, 6.07) is 4.81. The Morgan fingerprint density at radius 1 is 1.23 bits per heavy atom. The quantitative estimate of drug-likeness (QED) is 0.0997. The van der Waals surface area contributed by atoms with Crippen molar-refractivity contribution in [1.82, 2.24) is 25.3 Å². The third kappa shape index (κ3) is 8.32. The van der Waals surface area contributed by atoms with Crippen LogP contribution in [0.1, 0.15) is 42.8 Å². The summed E-state index contributed by atoms with van der Waals surface area (Å²) in [6.07, 6.45) is 3.64. The van der Waals surface area contributed by atoms with Gasteiger partial charge in [0.05, 0.1) is 23.6 Å². The van der Waals surface area contributed by atoms with Crippen molar-refractivity contribution in [2.45, 2.75) is 50.0 Å².